The molecule has 0 aromatic heterocycles. The van der Waals surface area contributed by atoms with Gasteiger partial charge in [0.05, 0.1) is 18.6 Å². The van der Waals surface area contributed by atoms with E-state index in [0.29, 0.717) is 25.9 Å². The number of aliphatic hydroxyl groups is 1. The molecule has 0 saturated carbocycles. The molecule has 2 aromatic carbocycles. The highest BCUT2D eigenvalue weighted by Gasteiger charge is 2.76. The average molecular weight is 543 g/mol. The summed E-state index contributed by atoms with van der Waals surface area (Å²) in [7, 11) is 0. The normalized spacial score (nSPS) is 31.8. The predicted molar refractivity (Wildman–Crippen MR) is 147 cm³/mol. The summed E-state index contributed by atoms with van der Waals surface area (Å²) in [6, 6.07) is 17.5. The van der Waals surface area contributed by atoms with Gasteiger partial charge in [-0.25, -0.2) is 0 Å². The van der Waals surface area contributed by atoms with Crippen LogP contribution in [-0.2, 0) is 36.8 Å². The summed E-state index contributed by atoms with van der Waals surface area (Å²) in [5.74, 6) is -3.01. The maximum atomic E-state index is 14.5. The molecule has 2 fully saturated rings. The van der Waals surface area contributed by atoms with Crippen LogP contribution in [0.2, 0.25) is 0 Å². The highest BCUT2D eigenvalue weighted by molar-refractivity contribution is 5.99. The van der Waals surface area contributed by atoms with Crippen molar-refractivity contribution in [3.05, 3.63) is 96.1 Å². The Morgan fingerprint density at radius 3 is 2.30 bits per heavy atom. The van der Waals surface area contributed by atoms with Crippen LogP contribution in [0.5, 0.6) is 0 Å². The first-order valence-corrected chi connectivity index (χ1v) is 14.0. The van der Waals surface area contributed by atoms with Crippen LogP contribution in [0.3, 0.4) is 0 Å². The van der Waals surface area contributed by atoms with Crippen LogP contribution in [0.4, 0.5) is 0 Å². The number of hydrogen-bond acceptors (Lipinski definition) is 6. The molecule has 4 heterocycles. The Hall–Kier alpha value is -3.75. The summed E-state index contributed by atoms with van der Waals surface area (Å²) in [6.45, 7) is 2.37. The second-order valence-electron chi connectivity index (χ2n) is 11.0. The van der Waals surface area contributed by atoms with Crippen LogP contribution in [-0.4, -0.2) is 75.7 Å². The van der Waals surface area contributed by atoms with Crippen LogP contribution in [0, 0.1) is 11.8 Å². The molecule has 2 saturated heterocycles. The summed E-state index contributed by atoms with van der Waals surface area (Å²) in [5.41, 5.74) is -0.569. The van der Waals surface area contributed by atoms with Crippen molar-refractivity contribution in [3.63, 3.8) is 0 Å². The van der Waals surface area contributed by atoms with Gasteiger partial charge >= 0.3 is 5.97 Å². The third-order valence-corrected chi connectivity index (χ3v) is 8.85. The third-order valence-electron chi connectivity index (χ3n) is 8.85. The number of cyclic esters (lactones) is 1. The molecule has 0 radical (unpaired) electrons. The van der Waals surface area contributed by atoms with Crippen molar-refractivity contribution in [2.75, 3.05) is 19.8 Å². The van der Waals surface area contributed by atoms with E-state index in [9.17, 15) is 19.5 Å². The van der Waals surface area contributed by atoms with Gasteiger partial charge in [-0.05, 0) is 30.0 Å². The van der Waals surface area contributed by atoms with E-state index in [4.69, 9.17) is 9.47 Å². The van der Waals surface area contributed by atoms with Crippen molar-refractivity contribution in [1.82, 2.24) is 9.80 Å². The molecular weight excluding hydrogens is 508 g/mol. The Labute approximate surface area is 233 Å². The summed E-state index contributed by atoms with van der Waals surface area (Å²) in [6.07, 6.45) is 8.08. The lowest BCUT2D eigenvalue weighted by atomic mass is 9.73. The smallest absolute Gasteiger partial charge is 0.313 e. The fraction of sp³-hybridized carbons (Fsp3) is 0.406. The summed E-state index contributed by atoms with van der Waals surface area (Å²) in [5, 5.41) is 10.6. The van der Waals surface area contributed by atoms with Crippen LogP contribution >= 0.6 is 0 Å². The number of esters is 1. The number of benzene rings is 2. The number of likely N-dealkylation sites (tertiary alicyclic amines) is 1. The number of carbonyl (C=O) groups excluding carboxylic acids is 3. The zero-order chi connectivity index (χ0) is 27.9. The maximum Gasteiger partial charge on any atom is 0.313 e. The largest absolute Gasteiger partial charge is 0.461 e. The molecule has 0 bridgehead atoms. The summed E-state index contributed by atoms with van der Waals surface area (Å²) in [4.78, 5) is 45.7. The number of fused-ring (bicyclic) bond motifs is 2. The number of nitrogens with zero attached hydrogens (tertiary/aromatic N) is 2. The minimum Gasteiger partial charge on any atom is -0.461 e. The number of hydrogen-bond donors (Lipinski definition) is 1. The monoisotopic (exact) mass is 542 g/mol. The van der Waals surface area contributed by atoms with E-state index in [2.05, 4.69) is 0 Å². The molecular formula is C32H34N2O6. The lowest BCUT2D eigenvalue weighted by Crippen LogP contribution is -2.59. The number of carbonyl (C=O) groups is 3. The summed E-state index contributed by atoms with van der Waals surface area (Å²) < 4.78 is 12.4. The number of amides is 2. The van der Waals surface area contributed by atoms with Crippen molar-refractivity contribution in [1.29, 1.82) is 0 Å². The summed E-state index contributed by atoms with van der Waals surface area (Å²) >= 11 is 0. The topological polar surface area (TPSA) is 96.4 Å². The van der Waals surface area contributed by atoms with E-state index in [-0.39, 0.29) is 25.0 Å². The first kappa shape index (κ1) is 26.5. The lowest BCUT2D eigenvalue weighted by molar-refractivity contribution is -0.161. The zero-order valence-corrected chi connectivity index (χ0v) is 22.5. The second kappa shape index (κ2) is 10.3. The van der Waals surface area contributed by atoms with Crippen LogP contribution < -0.4 is 0 Å². The van der Waals surface area contributed by atoms with Gasteiger partial charge < -0.3 is 24.4 Å². The molecule has 208 valence electrons. The van der Waals surface area contributed by atoms with Gasteiger partial charge in [0.25, 0.3) is 0 Å². The standard InChI is InChI=1S/C32H34N2O6/c1-2-31-15-10-18-39-30(38)26(31)25-28(36)34(24(21-35)19-22-11-5-3-6-12-22)27-29(37)33(17-9-16-32(25,27)40-31)20-23-13-7-4-8-14-23/h3-16,24-27,35H,2,17-21H2,1H3/t24-,25+,26+,27?,31-,32+/m1/s1. The van der Waals surface area contributed by atoms with E-state index in [1.807, 2.05) is 85.8 Å². The van der Waals surface area contributed by atoms with E-state index in [0.717, 1.165) is 11.1 Å². The van der Waals surface area contributed by atoms with Crippen LogP contribution in [0.25, 0.3) is 0 Å². The van der Waals surface area contributed by atoms with E-state index in [1.54, 1.807) is 11.0 Å². The molecule has 2 aromatic rings. The van der Waals surface area contributed by atoms with Gasteiger partial charge in [0.1, 0.15) is 29.8 Å². The van der Waals surface area contributed by atoms with Gasteiger partial charge in [-0.15, -0.1) is 0 Å². The average Bonchev–Trinajstić information content (AvgIpc) is 3.27. The van der Waals surface area contributed by atoms with Gasteiger partial charge in [0.2, 0.25) is 11.8 Å². The van der Waals surface area contributed by atoms with Crippen LogP contribution in [0.15, 0.2) is 85.0 Å². The molecule has 8 heteroatoms. The highest BCUT2D eigenvalue weighted by Crippen LogP contribution is 2.58. The Balaban J connectivity index is 1.47. The SMILES string of the molecule is CC[C@@]12C=CCOC(=O)[C@@H]1[C@H]1C(=O)N([C@@H](CO)Cc3ccccc3)C3C(=O)N(Cc4ccccc4)CC=C[C@@]31O2. The molecule has 1 N–H and O–H groups in total. The first-order chi connectivity index (χ1) is 19.4. The van der Waals surface area contributed by atoms with Gasteiger partial charge in [0.15, 0.2) is 0 Å². The highest BCUT2D eigenvalue weighted by atomic mass is 16.6. The number of rotatable bonds is 7. The maximum absolute atomic E-state index is 14.5. The molecule has 2 amide bonds. The Bertz CT molecular complexity index is 1340. The van der Waals surface area contributed by atoms with Gasteiger partial charge in [-0.1, -0.05) is 85.8 Å². The van der Waals surface area contributed by atoms with Gasteiger partial charge in [0, 0.05) is 13.1 Å². The predicted octanol–water partition coefficient (Wildman–Crippen LogP) is 2.66. The minimum atomic E-state index is -1.38. The second-order valence-corrected chi connectivity index (χ2v) is 11.0. The number of aliphatic hydroxyl groups excluding tert-OH is 1. The molecule has 6 rings (SSSR count). The van der Waals surface area contributed by atoms with E-state index < -0.39 is 41.1 Å². The fourth-order valence-corrected chi connectivity index (χ4v) is 7.06. The molecule has 4 aliphatic rings. The molecule has 6 atom stereocenters. The van der Waals surface area contributed by atoms with Gasteiger partial charge in [-0.3, -0.25) is 14.4 Å². The van der Waals surface area contributed by atoms with Crippen molar-refractivity contribution in [2.45, 2.75) is 49.6 Å². The first-order valence-electron chi connectivity index (χ1n) is 14.0. The van der Waals surface area contributed by atoms with E-state index >= 15 is 0 Å². The zero-order valence-electron chi connectivity index (χ0n) is 22.5. The molecule has 0 aliphatic carbocycles. The Morgan fingerprint density at radius 1 is 0.925 bits per heavy atom. The van der Waals surface area contributed by atoms with Crippen molar-refractivity contribution < 1.29 is 29.0 Å². The van der Waals surface area contributed by atoms with Crippen molar-refractivity contribution >= 4 is 17.8 Å². The third kappa shape index (κ3) is 4.09. The molecule has 1 spiro atoms. The van der Waals surface area contributed by atoms with Gasteiger partial charge in [-0.2, -0.15) is 0 Å². The lowest BCUT2D eigenvalue weighted by Gasteiger charge is -2.40. The van der Waals surface area contributed by atoms with Crippen molar-refractivity contribution in [2.24, 2.45) is 11.8 Å². The molecule has 40 heavy (non-hydrogen) atoms. The Morgan fingerprint density at radius 2 is 1.62 bits per heavy atom. The minimum absolute atomic E-state index is 0.106. The number of ether oxygens (including phenoxy) is 2. The quantitative estimate of drug-likeness (QED) is 0.427. The van der Waals surface area contributed by atoms with E-state index in [1.165, 1.54) is 4.90 Å². The molecule has 8 nitrogen and oxygen atoms in total. The van der Waals surface area contributed by atoms with Crippen LogP contribution in [0.1, 0.15) is 24.5 Å². The molecule has 4 aliphatic heterocycles. The molecule has 1 unspecified atom stereocenters. The Kier molecular flexibility index (Phi) is 6.84. The fourth-order valence-electron chi connectivity index (χ4n) is 7.06. The van der Waals surface area contributed by atoms with Crippen molar-refractivity contribution in [3.8, 4) is 0 Å².